The third-order valence-corrected chi connectivity index (χ3v) is 7.11. The molecule has 0 spiro atoms. The van der Waals surface area contributed by atoms with Gasteiger partial charge in [0.25, 0.3) is 0 Å². The average Bonchev–Trinajstić information content (AvgIpc) is 3.22. The van der Waals surface area contributed by atoms with Crippen molar-refractivity contribution in [2.75, 3.05) is 34.4 Å². The second-order valence-electron chi connectivity index (χ2n) is 8.62. The Morgan fingerprint density at radius 2 is 2.03 bits per heavy atom. The molecular weight excluding hydrogens is 368 g/mol. The van der Waals surface area contributed by atoms with E-state index in [2.05, 4.69) is 31.0 Å². The molecule has 3 unspecified atom stereocenters. The molecule has 6 nitrogen and oxygen atoms in total. The van der Waals surface area contributed by atoms with Gasteiger partial charge in [-0.1, -0.05) is 13.0 Å². The van der Waals surface area contributed by atoms with Crippen molar-refractivity contribution in [3.05, 3.63) is 41.0 Å². The van der Waals surface area contributed by atoms with Crippen LogP contribution < -0.4 is 4.74 Å². The molecule has 2 saturated heterocycles. The number of rotatable bonds is 3. The van der Waals surface area contributed by atoms with Crippen LogP contribution in [0.15, 0.2) is 29.8 Å². The van der Waals surface area contributed by atoms with E-state index in [4.69, 9.17) is 9.47 Å². The maximum Gasteiger partial charge on any atom is 0.328 e. The van der Waals surface area contributed by atoms with E-state index in [1.165, 1.54) is 18.2 Å². The van der Waals surface area contributed by atoms with Crippen molar-refractivity contribution in [2.45, 2.75) is 50.1 Å². The summed E-state index contributed by atoms with van der Waals surface area (Å²) in [4.78, 5) is 29.4. The third kappa shape index (κ3) is 3.23. The molecule has 0 aromatic heterocycles. The third-order valence-electron chi connectivity index (χ3n) is 7.11. The van der Waals surface area contributed by atoms with Crippen LogP contribution in [0, 0.1) is 0 Å². The number of likely N-dealkylation sites (N-methyl/N-ethyl adjacent to an activating group) is 1. The molecule has 0 saturated carbocycles. The van der Waals surface area contributed by atoms with Crippen LogP contribution in [0.1, 0.15) is 37.3 Å². The van der Waals surface area contributed by atoms with E-state index >= 15 is 0 Å². The number of methoxy groups -OCH3 is 2. The summed E-state index contributed by atoms with van der Waals surface area (Å²) in [6, 6.07) is 6.03. The largest absolute Gasteiger partial charge is 0.497 e. The van der Waals surface area contributed by atoms with Crippen LogP contribution in [-0.2, 0) is 26.2 Å². The number of hydrogen-bond donors (Lipinski definition) is 0. The first-order chi connectivity index (χ1) is 13.9. The minimum atomic E-state index is -0.467. The molecule has 0 N–H and O–H groups in total. The lowest BCUT2D eigenvalue weighted by Crippen LogP contribution is -2.53. The van der Waals surface area contributed by atoms with Crippen LogP contribution in [0.5, 0.6) is 5.75 Å². The van der Waals surface area contributed by atoms with Gasteiger partial charge in [0.05, 0.1) is 14.2 Å². The molecule has 2 bridgehead atoms. The van der Waals surface area contributed by atoms with Gasteiger partial charge in [-0.3, -0.25) is 9.69 Å². The average molecular weight is 399 g/mol. The molecule has 1 aromatic rings. The van der Waals surface area contributed by atoms with Gasteiger partial charge in [0.2, 0.25) is 5.91 Å². The fourth-order valence-electron chi connectivity index (χ4n) is 5.33. The summed E-state index contributed by atoms with van der Waals surface area (Å²) in [6.07, 6.45) is 5.13. The Kier molecular flexibility index (Phi) is 5.15. The Morgan fingerprint density at radius 1 is 1.24 bits per heavy atom. The predicted molar refractivity (Wildman–Crippen MR) is 110 cm³/mol. The fourth-order valence-corrected chi connectivity index (χ4v) is 5.33. The van der Waals surface area contributed by atoms with Crippen molar-refractivity contribution in [2.24, 2.45) is 0 Å². The summed E-state index contributed by atoms with van der Waals surface area (Å²) in [5, 5.41) is 0. The van der Waals surface area contributed by atoms with Crippen LogP contribution in [0.25, 0.3) is 0 Å². The molecule has 1 aliphatic carbocycles. The van der Waals surface area contributed by atoms with Crippen molar-refractivity contribution in [1.29, 1.82) is 0 Å². The highest BCUT2D eigenvalue weighted by Crippen LogP contribution is 2.49. The highest BCUT2D eigenvalue weighted by molar-refractivity contribution is 5.93. The van der Waals surface area contributed by atoms with E-state index in [1.54, 1.807) is 12.0 Å². The SMILES string of the molecule is COC(=O)C1CCCN1C(=O)C=C1C2Cc3ccc(OC)cc3C1(C)CCN2C. The topological polar surface area (TPSA) is 59.1 Å². The fraction of sp³-hybridized carbons (Fsp3) is 0.565. The van der Waals surface area contributed by atoms with Crippen molar-refractivity contribution in [3.63, 3.8) is 0 Å². The van der Waals surface area contributed by atoms with Crippen molar-refractivity contribution in [3.8, 4) is 5.75 Å². The van der Waals surface area contributed by atoms with Gasteiger partial charge in [-0.15, -0.1) is 0 Å². The summed E-state index contributed by atoms with van der Waals surface area (Å²) in [7, 11) is 5.20. The molecule has 156 valence electrons. The van der Waals surface area contributed by atoms with E-state index in [9.17, 15) is 9.59 Å². The van der Waals surface area contributed by atoms with Gasteiger partial charge < -0.3 is 14.4 Å². The molecule has 6 heteroatoms. The first kappa shape index (κ1) is 20.0. The van der Waals surface area contributed by atoms with Crippen LogP contribution in [-0.4, -0.2) is 68.1 Å². The van der Waals surface area contributed by atoms with Crippen molar-refractivity contribution < 1.29 is 19.1 Å². The molecule has 3 aliphatic rings. The monoisotopic (exact) mass is 398 g/mol. The Balaban J connectivity index is 1.74. The van der Waals surface area contributed by atoms with E-state index in [0.29, 0.717) is 13.0 Å². The number of nitrogens with zero attached hydrogens (tertiary/aromatic N) is 2. The predicted octanol–water partition coefficient (Wildman–Crippen LogP) is 2.30. The quantitative estimate of drug-likeness (QED) is 0.578. The Labute approximate surface area is 172 Å². The van der Waals surface area contributed by atoms with E-state index < -0.39 is 6.04 Å². The lowest BCUT2D eigenvalue weighted by atomic mass is 9.61. The number of carbonyl (C=O) groups excluding carboxylic acids is 2. The molecule has 3 atom stereocenters. The Morgan fingerprint density at radius 3 is 2.76 bits per heavy atom. The van der Waals surface area contributed by atoms with E-state index in [1.807, 2.05) is 12.1 Å². The summed E-state index contributed by atoms with van der Waals surface area (Å²) in [6.45, 7) is 3.83. The number of carbonyl (C=O) groups is 2. The number of fused-ring (bicyclic) bond motifs is 4. The number of piperidine rings is 1. The molecule has 1 aromatic carbocycles. The second-order valence-corrected chi connectivity index (χ2v) is 8.62. The normalized spacial score (nSPS) is 30.2. The molecular formula is C23H30N2O4. The van der Waals surface area contributed by atoms with E-state index in [-0.39, 0.29) is 23.3 Å². The van der Waals surface area contributed by atoms with Crippen molar-refractivity contribution in [1.82, 2.24) is 9.80 Å². The molecule has 2 aliphatic heterocycles. The lowest BCUT2D eigenvalue weighted by molar-refractivity contribution is -0.149. The summed E-state index contributed by atoms with van der Waals surface area (Å²) in [5.74, 6) is 0.445. The zero-order valence-electron chi connectivity index (χ0n) is 17.7. The summed E-state index contributed by atoms with van der Waals surface area (Å²) in [5.41, 5.74) is 3.51. The first-order valence-electron chi connectivity index (χ1n) is 10.4. The number of amides is 1. The second kappa shape index (κ2) is 7.48. The van der Waals surface area contributed by atoms with Gasteiger partial charge in [0.1, 0.15) is 11.8 Å². The van der Waals surface area contributed by atoms with Gasteiger partial charge in [-0.2, -0.15) is 0 Å². The highest BCUT2D eigenvalue weighted by atomic mass is 16.5. The van der Waals surface area contributed by atoms with Gasteiger partial charge in [0, 0.05) is 24.1 Å². The van der Waals surface area contributed by atoms with Gasteiger partial charge in [-0.05, 0) is 68.1 Å². The first-order valence-corrected chi connectivity index (χ1v) is 10.4. The zero-order chi connectivity index (χ0) is 20.8. The molecule has 2 heterocycles. The molecule has 1 amide bonds. The maximum absolute atomic E-state index is 13.3. The van der Waals surface area contributed by atoms with E-state index in [0.717, 1.165) is 37.1 Å². The van der Waals surface area contributed by atoms with Gasteiger partial charge >= 0.3 is 5.97 Å². The number of hydrogen-bond acceptors (Lipinski definition) is 5. The molecule has 0 radical (unpaired) electrons. The standard InChI is InChI=1S/C23H30N2O4/c1-23-9-11-24(2)20(12-15-7-8-16(28-3)13-17(15)23)18(23)14-21(26)25-10-5-6-19(25)22(27)29-4/h7-8,13-14,19-20H,5-6,9-12H2,1-4H3. The summed E-state index contributed by atoms with van der Waals surface area (Å²) >= 11 is 0. The van der Waals surface area contributed by atoms with Crippen LogP contribution in [0.3, 0.4) is 0 Å². The summed E-state index contributed by atoms with van der Waals surface area (Å²) < 4.78 is 10.4. The smallest absolute Gasteiger partial charge is 0.328 e. The number of esters is 1. The Bertz CT molecular complexity index is 864. The van der Waals surface area contributed by atoms with Crippen molar-refractivity contribution >= 4 is 11.9 Å². The van der Waals surface area contributed by atoms with Crippen LogP contribution >= 0.6 is 0 Å². The number of likely N-dealkylation sites (tertiary alicyclic amines) is 2. The van der Waals surface area contributed by atoms with Gasteiger partial charge in [0.15, 0.2) is 0 Å². The lowest BCUT2D eigenvalue weighted by Gasteiger charge is -2.51. The zero-order valence-corrected chi connectivity index (χ0v) is 17.7. The Hall–Kier alpha value is -2.34. The van der Waals surface area contributed by atoms with Crippen LogP contribution in [0.4, 0.5) is 0 Å². The van der Waals surface area contributed by atoms with Gasteiger partial charge in [-0.25, -0.2) is 4.79 Å². The molecule has 4 rings (SSSR count). The number of benzene rings is 1. The minimum absolute atomic E-state index is 0.0780. The molecule has 2 fully saturated rings. The molecule has 29 heavy (non-hydrogen) atoms. The highest BCUT2D eigenvalue weighted by Gasteiger charge is 2.47. The number of ether oxygens (including phenoxy) is 2. The van der Waals surface area contributed by atoms with Crippen LogP contribution in [0.2, 0.25) is 0 Å². The minimum Gasteiger partial charge on any atom is -0.497 e. The maximum atomic E-state index is 13.3.